The van der Waals surface area contributed by atoms with Gasteiger partial charge in [-0.05, 0) is 41.8 Å². The summed E-state index contributed by atoms with van der Waals surface area (Å²) in [5.41, 5.74) is 1.61. The third kappa shape index (κ3) is 5.96. The van der Waals surface area contributed by atoms with E-state index < -0.39 is 0 Å². The molecule has 1 heterocycles. The van der Waals surface area contributed by atoms with Gasteiger partial charge in [-0.15, -0.1) is 0 Å². The highest BCUT2D eigenvalue weighted by Crippen LogP contribution is 2.18. The number of carbonyl (C=O) groups excluding carboxylic acids is 2. The van der Waals surface area contributed by atoms with Crippen LogP contribution in [0.3, 0.4) is 0 Å². The molecule has 0 N–H and O–H groups in total. The molecular weight excluding hydrogens is 407 g/mol. The molecule has 3 rings (SSSR count). The Hall–Kier alpha value is -2.56. The first-order valence-corrected chi connectivity index (χ1v) is 10.2. The van der Waals surface area contributed by atoms with Gasteiger partial charge in [0.05, 0.1) is 0 Å². The lowest BCUT2D eigenvalue weighted by molar-refractivity contribution is -0.128. The van der Waals surface area contributed by atoms with Gasteiger partial charge in [-0.3, -0.25) is 9.59 Å². The van der Waals surface area contributed by atoms with E-state index in [1.807, 2.05) is 36.4 Å². The predicted octanol–water partition coefficient (Wildman–Crippen LogP) is 4.78. The highest BCUT2D eigenvalue weighted by molar-refractivity contribution is 6.32. The van der Waals surface area contributed by atoms with Gasteiger partial charge in [0.15, 0.2) is 0 Å². The molecule has 0 aliphatic carbocycles. The second kappa shape index (κ2) is 10.3. The SMILES string of the molecule is O=C(/C=C/c1ccccc1Cl)N1CCCN(C(=O)/C=C/c2ccccc2Cl)CC1. The van der Waals surface area contributed by atoms with Crippen molar-refractivity contribution in [3.05, 3.63) is 81.9 Å². The molecule has 2 aromatic carbocycles. The Morgan fingerprint density at radius 2 is 1.10 bits per heavy atom. The molecule has 0 saturated carbocycles. The maximum atomic E-state index is 12.5. The van der Waals surface area contributed by atoms with Crippen molar-refractivity contribution in [2.24, 2.45) is 0 Å². The van der Waals surface area contributed by atoms with E-state index in [1.165, 1.54) is 12.2 Å². The average molecular weight is 429 g/mol. The summed E-state index contributed by atoms with van der Waals surface area (Å²) in [5, 5.41) is 1.21. The van der Waals surface area contributed by atoms with Crippen LogP contribution in [0, 0.1) is 0 Å². The maximum Gasteiger partial charge on any atom is 0.246 e. The standard InChI is InChI=1S/C23H22Cl2N2O2/c24-20-8-3-1-6-18(20)10-12-22(28)26-14-5-15-27(17-16-26)23(29)13-11-19-7-2-4-9-21(19)25/h1-4,6-13H,5,14-17H2/b12-10+,13-11+. The highest BCUT2D eigenvalue weighted by atomic mass is 35.5. The first kappa shape index (κ1) is 21.2. The summed E-state index contributed by atoms with van der Waals surface area (Å²) in [5.74, 6) is -0.156. The quantitative estimate of drug-likeness (QED) is 0.657. The molecule has 6 heteroatoms. The molecule has 0 spiro atoms. The van der Waals surface area contributed by atoms with Gasteiger partial charge in [0.2, 0.25) is 11.8 Å². The van der Waals surface area contributed by atoms with Gasteiger partial charge in [-0.2, -0.15) is 0 Å². The van der Waals surface area contributed by atoms with Gasteiger partial charge < -0.3 is 9.80 Å². The fourth-order valence-corrected chi connectivity index (χ4v) is 3.51. The van der Waals surface area contributed by atoms with Crippen LogP contribution in [-0.4, -0.2) is 47.8 Å². The maximum absolute atomic E-state index is 12.5. The van der Waals surface area contributed by atoms with Crippen LogP contribution >= 0.6 is 23.2 Å². The van der Waals surface area contributed by atoms with Gasteiger partial charge in [-0.25, -0.2) is 0 Å². The zero-order chi connectivity index (χ0) is 20.6. The first-order valence-electron chi connectivity index (χ1n) is 9.47. The molecule has 0 atom stereocenters. The predicted molar refractivity (Wildman–Crippen MR) is 119 cm³/mol. The minimum Gasteiger partial charge on any atom is -0.337 e. The smallest absolute Gasteiger partial charge is 0.246 e. The molecule has 0 bridgehead atoms. The number of amides is 2. The molecule has 1 saturated heterocycles. The van der Waals surface area contributed by atoms with Crippen LogP contribution < -0.4 is 0 Å². The van der Waals surface area contributed by atoms with Crippen LogP contribution in [-0.2, 0) is 9.59 Å². The Kier molecular flexibility index (Phi) is 7.50. The number of carbonyl (C=O) groups is 2. The lowest BCUT2D eigenvalue weighted by atomic mass is 10.2. The molecule has 0 aromatic heterocycles. The topological polar surface area (TPSA) is 40.6 Å². The number of rotatable bonds is 4. The summed E-state index contributed by atoms with van der Waals surface area (Å²) < 4.78 is 0. The van der Waals surface area contributed by atoms with Crippen LogP contribution in [0.1, 0.15) is 17.5 Å². The lowest BCUT2D eigenvalue weighted by Gasteiger charge is -2.20. The van der Waals surface area contributed by atoms with Crippen molar-refractivity contribution >= 4 is 47.2 Å². The van der Waals surface area contributed by atoms with Crippen LogP contribution in [0.4, 0.5) is 0 Å². The second-order valence-corrected chi connectivity index (χ2v) is 7.53. The monoisotopic (exact) mass is 428 g/mol. The number of hydrogen-bond donors (Lipinski definition) is 0. The molecule has 150 valence electrons. The van der Waals surface area contributed by atoms with Gasteiger partial charge in [-0.1, -0.05) is 59.6 Å². The van der Waals surface area contributed by atoms with Crippen LogP contribution in [0.5, 0.6) is 0 Å². The molecular formula is C23H22Cl2N2O2. The van der Waals surface area contributed by atoms with E-state index in [0.717, 1.165) is 17.5 Å². The van der Waals surface area contributed by atoms with Gasteiger partial charge in [0.25, 0.3) is 0 Å². The van der Waals surface area contributed by atoms with Crippen molar-refractivity contribution in [2.45, 2.75) is 6.42 Å². The van der Waals surface area contributed by atoms with Crippen molar-refractivity contribution < 1.29 is 9.59 Å². The summed E-state index contributed by atoms with van der Waals surface area (Å²) in [4.78, 5) is 28.6. The van der Waals surface area contributed by atoms with E-state index in [0.29, 0.717) is 36.2 Å². The summed E-state index contributed by atoms with van der Waals surface area (Å²) >= 11 is 12.2. The highest BCUT2D eigenvalue weighted by Gasteiger charge is 2.19. The number of halogens is 2. The fraction of sp³-hybridized carbons (Fsp3) is 0.217. The van der Waals surface area contributed by atoms with Crippen LogP contribution in [0.25, 0.3) is 12.2 Å². The number of nitrogens with zero attached hydrogens (tertiary/aromatic N) is 2. The molecule has 1 aliphatic rings. The molecule has 0 radical (unpaired) electrons. The van der Waals surface area contributed by atoms with E-state index in [2.05, 4.69) is 0 Å². The Labute approximate surface area is 181 Å². The van der Waals surface area contributed by atoms with Gasteiger partial charge >= 0.3 is 0 Å². The zero-order valence-corrected chi connectivity index (χ0v) is 17.4. The van der Waals surface area contributed by atoms with E-state index >= 15 is 0 Å². The Morgan fingerprint density at radius 3 is 1.52 bits per heavy atom. The zero-order valence-electron chi connectivity index (χ0n) is 15.9. The first-order chi connectivity index (χ1) is 14.0. The number of hydrogen-bond acceptors (Lipinski definition) is 2. The van der Waals surface area contributed by atoms with Gasteiger partial charge in [0, 0.05) is 48.4 Å². The molecule has 2 amide bonds. The lowest BCUT2D eigenvalue weighted by Crippen LogP contribution is -2.36. The van der Waals surface area contributed by atoms with E-state index in [1.54, 1.807) is 34.1 Å². The van der Waals surface area contributed by atoms with Crippen molar-refractivity contribution in [2.75, 3.05) is 26.2 Å². The van der Waals surface area contributed by atoms with Crippen LogP contribution in [0.15, 0.2) is 60.7 Å². The molecule has 0 unspecified atom stereocenters. The Bertz CT molecular complexity index is 864. The normalized spacial score (nSPS) is 15.1. The van der Waals surface area contributed by atoms with Crippen molar-refractivity contribution in [3.8, 4) is 0 Å². The van der Waals surface area contributed by atoms with E-state index in [-0.39, 0.29) is 11.8 Å². The molecule has 2 aromatic rings. The number of benzene rings is 2. The van der Waals surface area contributed by atoms with E-state index in [4.69, 9.17) is 23.2 Å². The Balaban J connectivity index is 1.57. The molecule has 1 aliphatic heterocycles. The van der Waals surface area contributed by atoms with Crippen molar-refractivity contribution in [1.29, 1.82) is 0 Å². The summed E-state index contributed by atoms with van der Waals surface area (Å²) in [6, 6.07) is 14.8. The fourth-order valence-electron chi connectivity index (χ4n) is 3.11. The third-order valence-corrected chi connectivity index (χ3v) is 5.43. The minimum absolute atomic E-state index is 0.0779. The van der Waals surface area contributed by atoms with E-state index in [9.17, 15) is 9.59 Å². The Morgan fingerprint density at radius 1 is 0.690 bits per heavy atom. The second-order valence-electron chi connectivity index (χ2n) is 6.71. The van der Waals surface area contributed by atoms with Crippen molar-refractivity contribution in [3.63, 3.8) is 0 Å². The minimum atomic E-state index is -0.0779. The molecule has 4 nitrogen and oxygen atoms in total. The van der Waals surface area contributed by atoms with Crippen LogP contribution in [0.2, 0.25) is 10.0 Å². The van der Waals surface area contributed by atoms with Crippen molar-refractivity contribution in [1.82, 2.24) is 9.80 Å². The largest absolute Gasteiger partial charge is 0.337 e. The summed E-state index contributed by atoms with van der Waals surface area (Å²) in [6.45, 7) is 2.22. The molecule has 1 fully saturated rings. The molecule has 29 heavy (non-hydrogen) atoms. The summed E-state index contributed by atoms with van der Waals surface area (Å²) in [7, 11) is 0. The third-order valence-electron chi connectivity index (χ3n) is 4.74. The summed E-state index contributed by atoms with van der Waals surface area (Å²) in [6.07, 6.45) is 7.26. The average Bonchev–Trinajstić information content (AvgIpc) is 2.98. The van der Waals surface area contributed by atoms with Gasteiger partial charge in [0.1, 0.15) is 0 Å².